The van der Waals surface area contributed by atoms with Crippen molar-refractivity contribution in [1.29, 1.82) is 0 Å². The average Bonchev–Trinajstić information content (AvgIpc) is 3.47. The summed E-state index contributed by atoms with van der Waals surface area (Å²) in [5, 5.41) is 3.11. The third kappa shape index (κ3) is 3.24. The van der Waals surface area contributed by atoms with E-state index in [1.54, 1.807) is 11.0 Å². The van der Waals surface area contributed by atoms with Gasteiger partial charge in [0.2, 0.25) is 5.88 Å². The molecule has 0 aromatic carbocycles. The van der Waals surface area contributed by atoms with Crippen LogP contribution in [0.15, 0.2) is 48.4 Å². The Labute approximate surface area is 191 Å². The third-order valence-electron chi connectivity index (χ3n) is 7.18. The normalized spacial score (nSPS) is 29.2. The molecule has 2 saturated carbocycles. The molecule has 176 valence electrons. The minimum absolute atomic E-state index is 0.00510. The zero-order valence-corrected chi connectivity index (χ0v) is 17.7. The van der Waals surface area contributed by atoms with Crippen molar-refractivity contribution in [3.05, 3.63) is 65.7 Å². The van der Waals surface area contributed by atoms with Crippen molar-refractivity contribution >= 4 is 11.6 Å². The van der Waals surface area contributed by atoms with Gasteiger partial charge < -0.3 is 15.0 Å². The van der Waals surface area contributed by atoms with Crippen molar-refractivity contribution in [2.24, 2.45) is 11.3 Å². The number of carbonyl (C=O) groups excluding carboxylic acids is 1. The molecule has 4 heterocycles. The summed E-state index contributed by atoms with van der Waals surface area (Å²) in [6, 6.07) is 1.96. The Hall–Kier alpha value is -3.50. The number of ether oxygens (including phenoxy) is 1. The molecule has 6 rings (SSSR count). The summed E-state index contributed by atoms with van der Waals surface area (Å²) in [6.45, 7) is 1.06. The lowest BCUT2D eigenvalue weighted by molar-refractivity contribution is -0.138. The fourth-order valence-electron chi connectivity index (χ4n) is 5.52. The van der Waals surface area contributed by atoms with Crippen molar-refractivity contribution in [3.63, 3.8) is 0 Å². The molecule has 11 heteroatoms. The molecule has 4 unspecified atom stereocenters. The lowest BCUT2D eigenvalue weighted by Gasteiger charge is -2.47. The van der Waals surface area contributed by atoms with Gasteiger partial charge in [-0.2, -0.15) is 13.2 Å². The van der Waals surface area contributed by atoms with Gasteiger partial charge in [0.1, 0.15) is 6.10 Å². The SMILES string of the molecule is O=C(C1=C(c2ncc(F)cn2)NCC=C1)N1CC2CC23CC(Oc2ccc(C(F)(F)F)cn2)C13. The molecule has 0 bridgehead atoms. The number of halogens is 4. The van der Waals surface area contributed by atoms with Gasteiger partial charge in [-0.25, -0.2) is 19.3 Å². The standard InChI is InChI=1S/C23H19F4N5O2/c24-14-9-30-20(31-10-14)18-15(2-1-5-28-18)21(33)32-11-13-6-22(13)7-16(19(22)32)34-17-4-3-12(8-29-17)23(25,26)27/h1-4,8-10,13,16,19,28H,5-7,11H2. The topological polar surface area (TPSA) is 80.2 Å². The predicted molar refractivity (Wildman–Crippen MR) is 110 cm³/mol. The predicted octanol–water partition coefficient (Wildman–Crippen LogP) is 2.97. The van der Waals surface area contributed by atoms with Crippen molar-refractivity contribution in [2.45, 2.75) is 31.2 Å². The van der Waals surface area contributed by atoms with E-state index in [0.29, 0.717) is 30.3 Å². The minimum Gasteiger partial charge on any atom is -0.472 e. The zero-order chi connectivity index (χ0) is 23.7. The fraction of sp³-hybridized carbons (Fsp3) is 0.391. The quantitative estimate of drug-likeness (QED) is 0.688. The maximum Gasteiger partial charge on any atom is 0.417 e. The van der Waals surface area contributed by atoms with E-state index in [1.807, 2.05) is 6.08 Å². The first-order valence-corrected chi connectivity index (χ1v) is 10.9. The lowest BCUT2D eigenvalue weighted by Crippen LogP contribution is -2.59. The summed E-state index contributed by atoms with van der Waals surface area (Å²) in [7, 11) is 0. The molecule has 4 aliphatic rings. The smallest absolute Gasteiger partial charge is 0.417 e. The molecule has 3 fully saturated rings. The first-order valence-electron chi connectivity index (χ1n) is 10.9. The van der Waals surface area contributed by atoms with Gasteiger partial charge in [-0.1, -0.05) is 6.08 Å². The Morgan fingerprint density at radius 3 is 2.65 bits per heavy atom. The Morgan fingerprint density at radius 2 is 1.94 bits per heavy atom. The van der Waals surface area contributed by atoms with E-state index in [-0.39, 0.29) is 35.2 Å². The molecule has 0 radical (unpaired) electrons. The summed E-state index contributed by atoms with van der Waals surface area (Å²) in [5.74, 6) is -0.0756. The van der Waals surface area contributed by atoms with E-state index >= 15 is 0 Å². The number of hydrogen-bond acceptors (Lipinski definition) is 6. The molecule has 34 heavy (non-hydrogen) atoms. The van der Waals surface area contributed by atoms with Gasteiger partial charge in [-0.05, 0) is 30.9 Å². The third-order valence-corrected chi connectivity index (χ3v) is 7.18. The maximum absolute atomic E-state index is 13.6. The number of alkyl halides is 3. The highest BCUT2D eigenvalue weighted by Gasteiger charge is 2.76. The zero-order valence-electron chi connectivity index (χ0n) is 17.7. The number of rotatable bonds is 4. The number of amides is 1. The molecule has 2 aliphatic carbocycles. The number of pyridine rings is 1. The van der Waals surface area contributed by atoms with Gasteiger partial charge >= 0.3 is 6.18 Å². The van der Waals surface area contributed by atoms with E-state index in [1.165, 1.54) is 6.07 Å². The van der Waals surface area contributed by atoms with Gasteiger partial charge in [-0.15, -0.1) is 0 Å². The van der Waals surface area contributed by atoms with Gasteiger partial charge in [0.15, 0.2) is 11.6 Å². The largest absolute Gasteiger partial charge is 0.472 e. The highest BCUT2D eigenvalue weighted by Crippen LogP contribution is 2.71. The van der Waals surface area contributed by atoms with Crippen LogP contribution in [0, 0.1) is 17.2 Å². The van der Waals surface area contributed by atoms with Gasteiger partial charge in [-0.3, -0.25) is 4.79 Å². The van der Waals surface area contributed by atoms with Crippen LogP contribution in [0.4, 0.5) is 17.6 Å². The number of piperidine rings is 1. The van der Waals surface area contributed by atoms with E-state index < -0.39 is 17.6 Å². The number of aromatic nitrogens is 3. The highest BCUT2D eigenvalue weighted by molar-refractivity contribution is 6.04. The van der Waals surface area contributed by atoms with Crippen LogP contribution < -0.4 is 10.1 Å². The molecular weight excluding hydrogens is 454 g/mol. The number of dihydropyridines is 1. The molecule has 1 saturated heterocycles. The number of hydrogen-bond donors (Lipinski definition) is 1. The fourth-order valence-corrected chi connectivity index (χ4v) is 5.52. The monoisotopic (exact) mass is 473 g/mol. The van der Waals surface area contributed by atoms with Gasteiger partial charge in [0.25, 0.3) is 5.91 Å². The molecular formula is C23H19F4N5O2. The molecule has 2 aliphatic heterocycles. The molecule has 1 amide bonds. The van der Waals surface area contributed by atoms with Crippen LogP contribution in [-0.2, 0) is 11.0 Å². The van der Waals surface area contributed by atoms with Crippen LogP contribution in [0.3, 0.4) is 0 Å². The average molecular weight is 473 g/mol. The van der Waals surface area contributed by atoms with Crippen molar-refractivity contribution < 1.29 is 27.1 Å². The Morgan fingerprint density at radius 1 is 1.15 bits per heavy atom. The van der Waals surface area contributed by atoms with Gasteiger partial charge in [0.05, 0.1) is 35.3 Å². The lowest BCUT2D eigenvalue weighted by atomic mass is 9.73. The van der Waals surface area contributed by atoms with E-state index in [4.69, 9.17) is 4.74 Å². The second kappa shape index (κ2) is 7.25. The molecule has 2 aromatic rings. The minimum atomic E-state index is -4.47. The molecule has 7 nitrogen and oxygen atoms in total. The Balaban J connectivity index is 1.24. The van der Waals surface area contributed by atoms with Crippen LogP contribution in [0.5, 0.6) is 5.88 Å². The first-order chi connectivity index (χ1) is 16.3. The second-order valence-corrected chi connectivity index (χ2v) is 9.08. The van der Waals surface area contributed by atoms with Crippen LogP contribution in [0.25, 0.3) is 5.70 Å². The number of carbonyl (C=O) groups is 1. The summed E-state index contributed by atoms with van der Waals surface area (Å²) < 4.78 is 57.7. The second-order valence-electron chi connectivity index (χ2n) is 9.08. The molecule has 2 aromatic heterocycles. The Bertz CT molecular complexity index is 1210. The van der Waals surface area contributed by atoms with Crippen LogP contribution in [-0.4, -0.2) is 51.0 Å². The highest BCUT2D eigenvalue weighted by atomic mass is 19.4. The molecule has 4 atom stereocenters. The first kappa shape index (κ1) is 21.1. The van der Waals surface area contributed by atoms with Crippen LogP contribution in [0.2, 0.25) is 0 Å². The van der Waals surface area contributed by atoms with Crippen molar-refractivity contribution in [1.82, 2.24) is 25.2 Å². The van der Waals surface area contributed by atoms with Crippen LogP contribution in [0.1, 0.15) is 24.2 Å². The summed E-state index contributed by atoms with van der Waals surface area (Å²) in [5.41, 5.74) is -0.0228. The van der Waals surface area contributed by atoms with E-state index in [9.17, 15) is 22.4 Å². The number of likely N-dealkylation sites (tertiary alicyclic amines) is 1. The number of nitrogens with zero attached hydrogens (tertiary/aromatic N) is 4. The Kier molecular flexibility index (Phi) is 4.49. The van der Waals surface area contributed by atoms with Gasteiger partial charge in [0, 0.05) is 30.8 Å². The van der Waals surface area contributed by atoms with E-state index in [2.05, 4.69) is 20.3 Å². The summed E-state index contributed by atoms with van der Waals surface area (Å²) in [6.07, 6.45) is 3.28. The van der Waals surface area contributed by atoms with Crippen molar-refractivity contribution in [3.8, 4) is 5.88 Å². The van der Waals surface area contributed by atoms with E-state index in [0.717, 1.165) is 37.5 Å². The summed E-state index contributed by atoms with van der Waals surface area (Å²) >= 11 is 0. The number of nitrogens with one attached hydrogen (secondary N) is 1. The molecule has 1 spiro atoms. The van der Waals surface area contributed by atoms with Crippen molar-refractivity contribution in [2.75, 3.05) is 13.1 Å². The molecule has 1 N–H and O–H groups in total. The van der Waals surface area contributed by atoms with Crippen LogP contribution >= 0.6 is 0 Å². The summed E-state index contributed by atoms with van der Waals surface area (Å²) in [4.78, 5) is 27.2. The maximum atomic E-state index is 13.6.